The highest BCUT2D eigenvalue weighted by molar-refractivity contribution is 6.00. The van der Waals surface area contributed by atoms with Gasteiger partial charge in [0.2, 0.25) is 11.7 Å². The SMILES string of the molecule is CCCCOc1c(C(=O)NCc2ccc(F)cc2)nc2c(N3CCN(C)CC3=O)cc(N3CCOCC3C)cn2c1=O. The van der Waals surface area contributed by atoms with E-state index in [-0.39, 0.29) is 54.6 Å². The number of likely N-dealkylation sites (N-methyl/N-ethyl adjacent to an activating group) is 1. The lowest BCUT2D eigenvalue weighted by Crippen LogP contribution is -2.49. The number of nitrogens with zero attached hydrogens (tertiary/aromatic N) is 5. The third-order valence-electron chi connectivity index (χ3n) is 7.58. The van der Waals surface area contributed by atoms with Crippen LogP contribution >= 0.6 is 0 Å². The molecule has 1 unspecified atom stereocenters. The van der Waals surface area contributed by atoms with E-state index in [9.17, 15) is 18.8 Å². The van der Waals surface area contributed by atoms with Gasteiger partial charge in [-0.2, -0.15) is 0 Å². The Kier molecular flexibility index (Phi) is 9.03. The molecule has 0 saturated carbocycles. The lowest BCUT2D eigenvalue weighted by molar-refractivity contribution is -0.120. The van der Waals surface area contributed by atoms with Crippen LogP contribution in [-0.4, -0.2) is 85.2 Å². The normalized spacial score (nSPS) is 18.0. The average molecular weight is 581 g/mol. The van der Waals surface area contributed by atoms with E-state index in [0.29, 0.717) is 50.5 Å². The maximum absolute atomic E-state index is 14.1. The lowest BCUT2D eigenvalue weighted by Gasteiger charge is -2.37. The van der Waals surface area contributed by atoms with Crippen molar-refractivity contribution in [2.24, 2.45) is 0 Å². The number of piperazine rings is 1. The van der Waals surface area contributed by atoms with Gasteiger partial charge >= 0.3 is 5.56 Å². The molecule has 0 radical (unpaired) electrons. The minimum Gasteiger partial charge on any atom is -0.486 e. The first kappa shape index (κ1) is 29.5. The van der Waals surface area contributed by atoms with Crippen LogP contribution in [0.5, 0.6) is 5.75 Å². The Morgan fingerprint density at radius 3 is 2.69 bits per heavy atom. The van der Waals surface area contributed by atoms with Crippen molar-refractivity contribution in [3.63, 3.8) is 0 Å². The van der Waals surface area contributed by atoms with E-state index in [0.717, 1.165) is 12.1 Å². The van der Waals surface area contributed by atoms with Gasteiger partial charge in [-0.15, -0.1) is 0 Å². The Labute approximate surface area is 243 Å². The van der Waals surface area contributed by atoms with Crippen molar-refractivity contribution in [3.05, 3.63) is 64.0 Å². The Balaban J connectivity index is 1.63. The molecular formula is C30H37FN6O5. The number of carbonyl (C=O) groups excluding carboxylic acids is 2. The molecule has 2 aromatic heterocycles. The van der Waals surface area contributed by atoms with Gasteiger partial charge in [-0.05, 0) is 44.2 Å². The van der Waals surface area contributed by atoms with E-state index in [1.165, 1.54) is 16.5 Å². The Bertz CT molecular complexity index is 1510. The quantitative estimate of drug-likeness (QED) is 0.385. The van der Waals surface area contributed by atoms with Gasteiger partial charge in [-0.25, -0.2) is 9.37 Å². The van der Waals surface area contributed by atoms with Crippen LogP contribution in [0.1, 0.15) is 42.7 Å². The monoisotopic (exact) mass is 580 g/mol. The first-order valence-electron chi connectivity index (χ1n) is 14.4. The van der Waals surface area contributed by atoms with Gasteiger partial charge in [0.05, 0.1) is 37.7 Å². The molecule has 0 spiro atoms. The molecule has 3 aromatic rings. The summed E-state index contributed by atoms with van der Waals surface area (Å²) in [5.74, 6) is -1.26. The fraction of sp³-hybridized carbons (Fsp3) is 0.467. The number of anilines is 2. The summed E-state index contributed by atoms with van der Waals surface area (Å²) in [4.78, 5) is 51.2. The average Bonchev–Trinajstić information content (AvgIpc) is 2.98. The van der Waals surface area contributed by atoms with Gasteiger partial charge in [0.25, 0.3) is 5.91 Å². The predicted molar refractivity (Wildman–Crippen MR) is 157 cm³/mol. The van der Waals surface area contributed by atoms with Crippen LogP contribution in [0.4, 0.5) is 15.8 Å². The van der Waals surface area contributed by atoms with E-state index >= 15 is 0 Å². The number of morpholine rings is 1. The van der Waals surface area contributed by atoms with E-state index in [1.807, 2.05) is 31.9 Å². The molecule has 42 heavy (non-hydrogen) atoms. The maximum atomic E-state index is 14.1. The second-order valence-electron chi connectivity index (χ2n) is 10.8. The third kappa shape index (κ3) is 6.24. The largest absolute Gasteiger partial charge is 0.486 e. The zero-order chi connectivity index (χ0) is 29.8. The third-order valence-corrected chi connectivity index (χ3v) is 7.58. The summed E-state index contributed by atoms with van der Waals surface area (Å²) in [6.07, 6.45) is 3.22. The van der Waals surface area contributed by atoms with Crippen LogP contribution in [0, 0.1) is 5.82 Å². The highest BCUT2D eigenvalue weighted by Crippen LogP contribution is 2.30. The molecule has 0 bridgehead atoms. The summed E-state index contributed by atoms with van der Waals surface area (Å²) in [5.41, 5.74) is 1.38. The fourth-order valence-corrected chi connectivity index (χ4v) is 5.17. The minimum atomic E-state index is -0.605. The lowest BCUT2D eigenvalue weighted by atomic mass is 10.2. The zero-order valence-corrected chi connectivity index (χ0v) is 24.3. The van der Waals surface area contributed by atoms with Crippen LogP contribution in [0.2, 0.25) is 0 Å². The number of pyridine rings is 1. The molecule has 1 aromatic carbocycles. The number of amides is 2. The minimum absolute atomic E-state index is 0.0488. The van der Waals surface area contributed by atoms with Gasteiger partial charge in [0.1, 0.15) is 5.82 Å². The highest BCUT2D eigenvalue weighted by Gasteiger charge is 2.30. The molecule has 0 aliphatic carbocycles. The molecule has 2 aliphatic heterocycles. The predicted octanol–water partition coefficient (Wildman–Crippen LogP) is 2.45. The van der Waals surface area contributed by atoms with Crippen molar-refractivity contribution in [3.8, 4) is 5.75 Å². The number of ether oxygens (including phenoxy) is 2. The molecule has 2 saturated heterocycles. The number of aromatic nitrogens is 2. The van der Waals surface area contributed by atoms with Crippen LogP contribution in [0.15, 0.2) is 41.3 Å². The van der Waals surface area contributed by atoms with Crippen LogP contribution in [-0.2, 0) is 16.1 Å². The molecule has 11 nitrogen and oxygen atoms in total. The van der Waals surface area contributed by atoms with Crippen LogP contribution < -0.4 is 25.4 Å². The Hall–Kier alpha value is -4.03. The number of hydrogen-bond donors (Lipinski definition) is 1. The number of carbonyl (C=O) groups is 2. The van der Waals surface area contributed by atoms with Gasteiger partial charge in [-0.1, -0.05) is 25.5 Å². The summed E-state index contributed by atoms with van der Waals surface area (Å²) >= 11 is 0. The molecule has 1 atom stereocenters. The molecular weight excluding hydrogens is 543 g/mol. The number of rotatable bonds is 9. The summed E-state index contributed by atoms with van der Waals surface area (Å²) < 4.78 is 26.3. The molecule has 12 heteroatoms. The summed E-state index contributed by atoms with van der Waals surface area (Å²) in [5, 5.41) is 2.78. The van der Waals surface area contributed by atoms with Crippen molar-refractivity contribution in [1.82, 2.24) is 19.6 Å². The van der Waals surface area contributed by atoms with Crippen molar-refractivity contribution >= 4 is 28.8 Å². The van der Waals surface area contributed by atoms with Gasteiger partial charge in [0, 0.05) is 38.4 Å². The van der Waals surface area contributed by atoms with Crippen LogP contribution in [0.25, 0.3) is 5.65 Å². The fourth-order valence-electron chi connectivity index (χ4n) is 5.17. The standard InChI is InChI=1S/C30H37FN6O5/c1-4-5-13-42-27-26(29(39)32-16-21-6-8-22(31)9-7-21)33-28-24(36-11-10-34(3)18-25(36)38)15-23(17-37(28)30(27)40)35-12-14-41-19-20(35)2/h6-9,15,17,20H,4-5,10-14,16,18-19H2,1-3H3,(H,32,39). The van der Waals surface area contributed by atoms with E-state index in [2.05, 4.69) is 10.2 Å². The number of nitrogens with one attached hydrogen (secondary N) is 1. The molecule has 2 aliphatic rings. The first-order valence-corrected chi connectivity index (χ1v) is 14.4. The number of fused-ring (bicyclic) bond motifs is 1. The molecule has 2 amide bonds. The van der Waals surface area contributed by atoms with Crippen molar-refractivity contribution in [2.45, 2.75) is 39.3 Å². The zero-order valence-electron chi connectivity index (χ0n) is 24.3. The second-order valence-corrected chi connectivity index (χ2v) is 10.8. The molecule has 2 fully saturated rings. The topological polar surface area (TPSA) is 109 Å². The number of unbranched alkanes of at least 4 members (excludes halogenated alkanes) is 1. The number of hydrogen-bond acceptors (Lipinski definition) is 8. The summed E-state index contributed by atoms with van der Waals surface area (Å²) in [6.45, 7) is 7.34. The second kappa shape index (κ2) is 12.9. The summed E-state index contributed by atoms with van der Waals surface area (Å²) in [6, 6.07) is 7.68. The highest BCUT2D eigenvalue weighted by atomic mass is 19.1. The Morgan fingerprint density at radius 2 is 1.98 bits per heavy atom. The number of halogens is 1. The van der Waals surface area contributed by atoms with E-state index < -0.39 is 11.5 Å². The Morgan fingerprint density at radius 1 is 1.19 bits per heavy atom. The van der Waals surface area contributed by atoms with E-state index in [4.69, 9.17) is 14.5 Å². The smallest absolute Gasteiger partial charge is 0.301 e. The molecule has 224 valence electrons. The molecule has 1 N–H and O–H groups in total. The van der Waals surface area contributed by atoms with Crippen molar-refractivity contribution in [1.29, 1.82) is 0 Å². The molecule has 4 heterocycles. The van der Waals surface area contributed by atoms with Crippen molar-refractivity contribution < 1.29 is 23.5 Å². The molecule has 5 rings (SSSR count). The van der Waals surface area contributed by atoms with E-state index in [1.54, 1.807) is 23.2 Å². The van der Waals surface area contributed by atoms with Crippen LogP contribution in [0.3, 0.4) is 0 Å². The van der Waals surface area contributed by atoms with Gasteiger partial charge < -0.3 is 24.6 Å². The maximum Gasteiger partial charge on any atom is 0.301 e. The van der Waals surface area contributed by atoms with Gasteiger partial charge in [-0.3, -0.25) is 23.7 Å². The summed E-state index contributed by atoms with van der Waals surface area (Å²) in [7, 11) is 1.88. The first-order chi connectivity index (χ1) is 20.3. The van der Waals surface area contributed by atoms with Gasteiger partial charge in [0.15, 0.2) is 11.3 Å². The number of benzene rings is 1. The van der Waals surface area contributed by atoms with Crippen molar-refractivity contribution in [2.75, 3.05) is 62.8 Å².